The van der Waals surface area contributed by atoms with Gasteiger partial charge in [0.2, 0.25) is 0 Å². The molecule has 1 heterocycles. The van der Waals surface area contributed by atoms with Gasteiger partial charge in [0.1, 0.15) is 5.78 Å². The molecule has 0 amide bonds. The van der Waals surface area contributed by atoms with Crippen LogP contribution in [0.15, 0.2) is 0 Å². The van der Waals surface area contributed by atoms with Crippen LogP contribution in [0.25, 0.3) is 0 Å². The molecule has 0 unspecified atom stereocenters. The van der Waals surface area contributed by atoms with Crippen LogP contribution in [0.3, 0.4) is 0 Å². The fraction of sp³-hybridized carbons (Fsp3) is 0.923. The Morgan fingerprint density at radius 3 is 2.60 bits per heavy atom. The quantitative estimate of drug-likeness (QED) is 0.605. The fourth-order valence-electron chi connectivity index (χ4n) is 2.12. The van der Waals surface area contributed by atoms with E-state index in [9.17, 15) is 4.79 Å². The lowest BCUT2D eigenvalue weighted by Gasteiger charge is -2.21. The number of unbranched alkanes of at least 4 members (excludes halogenated alkanes) is 3. The topological polar surface area (TPSA) is 26.3 Å². The molecular weight excluding hydrogens is 188 g/mol. The third kappa shape index (κ3) is 5.93. The SMILES string of the molecule is CCCCCCC(=O)CC1CCOCC1. The first-order valence-corrected chi connectivity index (χ1v) is 6.42. The van der Waals surface area contributed by atoms with Crippen molar-refractivity contribution >= 4 is 5.78 Å². The Morgan fingerprint density at radius 2 is 1.93 bits per heavy atom. The molecule has 0 radical (unpaired) electrons. The van der Waals surface area contributed by atoms with Gasteiger partial charge in [0, 0.05) is 26.1 Å². The summed E-state index contributed by atoms with van der Waals surface area (Å²) in [6.45, 7) is 3.91. The first-order valence-electron chi connectivity index (χ1n) is 6.42. The van der Waals surface area contributed by atoms with Crippen LogP contribution < -0.4 is 0 Å². The number of ether oxygens (including phenoxy) is 1. The second-order valence-corrected chi connectivity index (χ2v) is 4.61. The average molecular weight is 212 g/mol. The number of carbonyl (C=O) groups excluding carboxylic acids is 1. The molecule has 2 nitrogen and oxygen atoms in total. The van der Waals surface area contributed by atoms with E-state index in [4.69, 9.17) is 4.74 Å². The summed E-state index contributed by atoms with van der Waals surface area (Å²) in [7, 11) is 0. The predicted octanol–water partition coefficient (Wildman–Crippen LogP) is 3.34. The van der Waals surface area contributed by atoms with Crippen molar-refractivity contribution in [1.29, 1.82) is 0 Å². The van der Waals surface area contributed by atoms with E-state index in [1.165, 1.54) is 19.3 Å². The van der Waals surface area contributed by atoms with Crippen LogP contribution in [0.1, 0.15) is 58.3 Å². The summed E-state index contributed by atoms with van der Waals surface area (Å²) in [5.41, 5.74) is 0. The maximum absolute atomic E-state index is 11.6. The lowest BCUT2D eigenvalue weighted by atomic mass is 9.93. The molecule has 0 aromatic heterocycles. The van der Waals surface area contributed by atoms with Crippen LogP contribution >= 0.6 is 0 Å². The van der Waals surface area contributed by atoms with Gasteiger partial charge in [0.25, 0.3) is 0 Å². The van der Waals surface area contributed by atoms with E-state index in [0.29, 0.717) is 11.7 Å². The van der Waals surface area contributed by atoms with Crippen LogP contribution in [0.5, 0.6) is 0 Å². The van der Waals surface area contributed by atoms with Crippen molar-refractivity contribution in [2.24, 2.45) is 5.92 Å². The standard InChI is InChI=1S/C13H24O2/c1-2-3-4-5-6-13(14)11-12-7-9-15-10-8-12/h12H,2-11H2,1H3. The van der Waals surface area contributed by atoms with E-state index in [2.05, 4.69) is 6.92 Å². The van der Waals surface area contributed by atoms with E-state index in [-0.39, 0.29) is 0 Å². The molecule has 15 heavy (non-hydrogen) atoms. The van der Waals surface area contributed by atoms with Gasteiger partial charge in [-0.05, 0) is 25.2 Å². The van der Waals surface area contributed by atoms with Gasteiger partial charge in [-0.15, -0.1) is 0 Å². The Kier molecular flexibility index (Phi) is 6.66. The summed E-state index contributed by atoms with van der Waals surface area (Å²) < 4.78 is 5.28. The Bertz CT molecular complexity index is 171. The van der Waals surface area contributed by atoms with E-state index in [0.717, 1.165) is 45.3 Å². The molecular formula is C13H24O2. The van der Waals surface area contributed by atoms with E-state index in [1.807, 2.05) is 0 Å². The summed E-state index contributed by atoms with van der Waals surface area (Å²) >= 11 is 0. The molecule has 0 bridgehead atoms. The highest BCUT2D eigenvalue weighted by Crippen LogP contribution is 2.19. The molecule has 0 aromatic rings. The number of ketones is 1. The van der Waals surface area contributed by atoms with Crippen LogP contribution in [-0.4, -0.2) is 19.0 Å². The molecule has 1 aliphatic rings. The van der Waals surface area contributed by atoms with Gasteiger partial charge >= 0.3 is 0 Å². The smallest absolute Gasteiger partial charge is 0.133 e. The summed E-state index contributed by atoms with van der Waals surface area (Å²) in [6.07, 6.45) is 8.60. The van der Waals surface area contributed by atoms with Crippen molar-refractivity contribution in [1.82, 2.24) is 0 Å². The van der Waals surface area contributed by atoms with Crippen molar-refractivity contribution in [2.75, 3.05) is 13.2 Å². The van der Waals surface area contributed by atoms with Crippen LogP contribution in [0, 0.1) is 5.92 Å². The first-order chi connectivity index (χ1) is 7.33. The molecule has 1 rings (SSSR count). The third-order valence-corrected chi connectivity index (χ3v) is 3.17. The van der Waals surface area contributed by atoms with Gasteiger partial charge in [-0.3, -0.25) is 4.79 Å². The molecule has 0 saturated carbocycles. The summed E-state index contributed by atoms with van der Waals surface area (Å²) in [6, 6.07) is 0. The molecule has 0 aromatic carbocycles. The maximum Gasteiger partial charge on any atom is 0.133 e. The van der Waals surface area contributed by atoms with E-state index >= 15 is 0 Å². The van der Waals surface area contributed by atoms with Crippen molar-refractivity contribution in [2.45, 2.75) is 58.3 Å². The van der Waals surface area contributed by atoms with Gasteiger partial charge in [-0.2, -0.15) is 0 Å². The highest BCUT2D eigenvalue weighted by atomic mass is 16.5. The minimum atomic E-state index is 0.470. The third-order valence-electron chi connectivity index (χ3n) is 3.17. The van der Waals surface area contributed by atoms with Crippen molar-refractivity contribution < 1.29 is 9.53 Å². The van der Waals surface area contributed by atoms with Gasteiger partial charge in [0.05, 0.1) is 0 Å². The minimum Gasteiger partial charge on any atom is -0.381 e. The molecule has 1 fully saturated rings. The van der Waals surface area contributed by atoms with Crippen molar-refractivity contribution in [3.8, 4) is 0 Å². The number of hydrogen-bond acceptors (Lipinski definition) is 2. The summed E-state index contributed by atoms with van der Waals surface area (Å²) in [4.78, 5) is 11.6. The van der Waals surface area contributed by atoms with Crippen molar-refractivity contribution in [3.05, 3.63) is 0 Å². The monoisotopic (exact) mass is 212 g/mol. The van der Waals surface area contributed by atoms with E-state index < -0.39 is 0 Å². The Balaban J connectivity index is 2.01. The number of hydrogen-bond donors (Lipinski definition) is 0. The lowest BCUT2D eigenvalue weighted by molar-refractivity contribution is -0.120. The summed E-state index contributed by atoms with van der Waals surface area (Å²) in [5.74, 6) is 1.08. The molecule has 0 spiro atoms. The summed E-state index contributed by atoms with van der Waals surface area (Å²) in [5, 5.41) is 0. The zero-order chi connectivity index (χ0) is 10.9. The first kappa shape index (κ1) is 12.7. The molecule has 88 valence electrons. The fourth-order valence-corrected chi connectivity index (χ4v) is 2.12. The Hall–Kier alpha value is -0.370. The zero-order valence-electron chi connectivity index (χ0n) is 9.96. The molecule has 2 heteroatoms. The highest BCUT2D eigenvalue weighted by molar-refractivity contribution is 5.78. The normalized spacial score (nSPS) is 17.9. The molecule has 1 aliphatic heterocycles. The second kappa shape index (κ2) is 7.86. The van der Waals surface area contributed by atoms with Crippen LogP contribution in [0.2, 0.25) is 0 Å². The number of rotatable bonds is 7. The number of Topliss-reactive ketones (excluding diaryl/α,β-unsaturated/α-hetero) is 1. The Morgan fingerprint density at radius 1 is 1.20 bits per heavy atom. The van der Waals surface area contributed by atoms with Crippen LogP contribution in [-0.2, 0) is 9.53 Å². The van der Waals surface area contributed by atoms with E-state index in [1.54, 1.807) is 0 Å². The average Bonchev–Trinajstić information content (AvgIpc) is 2.26. The molecule has 0 N–H and O–H groups in total. The van der Waals surface area contributed by atoms with Gasteiger partial charge in [-0.25, -0.2) is 0 Å². The minimum absolute atomic E-state index is 0.470. The largest absolute Gasteiger partial charge is 0.381 e. The molecule has 0 atom stereocenters. The molecule has 0 aliphatic carbocycles. The van der Waals surface area contributed by atoms with Gasteiger partial charge in [0.15, 0.2) is 0 Å². The Labute approximate surface area is 93.4 Å². The van der Waals surface area contributed by atoms with Gasteiger partial charge < -0.3 is 4.74 Å². The molecule has 1 saturated heterocycles. The van der Waals surface area contributed by atoms with Gasteiger partial charge in [-0.1, -0.05) is 26.2 Å². The van der Waals surface area contributed by atoms with Crippen molar-refractivity contribution in [3.63, 3.8) is 0 Å². The predicted molar refractivity (Wildman–Crippen MR) is 61.9 cm³/mol. The lowest BCUT2D eigenvalue weighted by Crippen LogP contribution is -2.18. The maximum atomic E-state index is 11.6. The zero-order valence-corrected chi connectivity index (χ0v) is 9.96. The number of carbonyl (C=O) groups is 1. The highest BCUT2D eigenvalue weighted by Gasteiger charge is 2.16. The van der Waals surface area contributed by atoms with Crippen LogP contribution in [0.4, 0.5) is 0 Å². The second-order valence-electron chi connectivity index (χ2n) is 4.61.